The zero-order chi connectivity index (χ0) is 9.97. The molecule has 0 radical (unpaired) electrons. The van der Waals surface area contributed by atoms with Crippen LogP contribution in [-0.2, 0) is 6.61 Å². The molecule has 0 bridgehead atoms. The van der Waals surface area contributed by atoms with Crippen molar-refractivity contribution in [2.45, 2.75) is 6.61 Å². The highest BCUT2D eigenvalue weighted by atomic mass is 16.6. The van der Waals surface area contributed by atoms with Crippen LogP contribution in [0.3, 0.4) is 0 Å². The van der Waals surface area contributed by atoms with Crippen molar-refractivity contribution in [3.05, 3.63) is 11.9 Å². The van der Waals surface area contributed by atoms with Gasteiger partial charge in [0.1, 0.15) is 0 Å². The van der Waals surface area contributed by atoms with E-state index in [0.717, 1.165) is 0 Å². The molecule has 9 heteroatoms. The fourth-order valence-electron chi connectivity index (χ4n) is 0.936. The molecule has 0 fully saturated rings. The summed E-state index contributed by atoms with van der Waals surface area (Å²) in [5.74, 6) is 0.110. The first-order valence-corrected chi connectivity index (χ1v) is 3.60. The van der Waals surface area contributed by atoms with Crippen LogP contribution >= 0.6 is 0 Å². The molecule has 2 rings (SSSR count). The van der Waals surface area contributed by atoms with Gasteiger partial charge in [-0.25, -0.2) is 10.1 Å². The smallest absolute Gasteiger partial charge is 0.246 e. The lowest BCUT2D eigenvalue weighted by Gasteiger charge is -1.98. The molecule has 0 saturated carbocycles. The van der Waals surface area contributed by atoms with Crippen LogP contribution in [0.25, 0.3) is 5.82 Å². The van der Waals surface area contributed by atoms with Crippen molar-refractivity contribution in [2.24, 2.45) is 0 Å². The summed E-state index contributed by atoms with van der Waals surface area (Å²) < 4.78 is 5.56. The molecule has 2 aromatic heterocycles. The summed E-state index contributed by atoms with van der Waals surface area (Å²) in [7, 11) is 0. The number of aromatic nitrogens is 5. The normalized spacial score (nSPS) is 10.4. The molecule has 0 spiro atoms. The molecule has 0 saturated heterocycles. The third-order valence-electron chi connectivity index (χ3n) is 1.56. The van der Waals surface area contributed by atoms with Crippen molar-refractivity contribution in [2.75, 3.05) is 5.48 Å². The second kappa shape index (κ2) is 3.40. The van der Waals surface area contributed by atoms with E-state index in [2.05, 4.69) is 25.3 Å². The molecule has 74 valence electrons. The Bertz CT molecular complexity index is 382. The van der Waals surface area contributed by atoms with Gasteiger partial charge >= 0.3 is 0 Å². The van der Waals surface area contributed by atoms with Crippen molar-refractivity contribution < 1.29 is 14.9 Å². The van der Waals surface area contributed by atoms with Crippen molar-refractivity contribution in [1.82, 2.24) is 25.3 Å². The van der Waals surface area contributed by atoms with Crippen LogP contribution in [0, 0.1) is 0 Å². The van der Waals surface area contributed by atoms with Crippen molar-refractivity contribution >= 4 is 5.82 Å². The SMILES string of the molecule is OCc1cnnn1-c1nonc1NO. The Labute approximate surface area is 76.9 Å². The first-order valence-electron chi connectivity index (χ1n) is 3.60. The van der Waals surface area contributed by atoms with E-state index < -0.39 is 0 Å². The maximum atomic E-state index is 8.91. The van der Waals surface area contributed by atoms with Crippen LogP contribution in [0.15, 0.2) is 10.8 Å². The highest BCUT2D eigenvalue weighted by Crippen LogP contribution is 2.14. The highest BCUT2D eigenvalue weighted by molar-refractivity contribution is 5.46. The molecule has 3 N–H and O–H groups in total. The van der Waals surface area contributed by atoms with Gasteiger partial charge in [-0.05, 0) is 10.3 Å². The van der Waals surface area contributed by atoms with Gasteiger partial charge in [-0.15, -0.1) is 5.10 Å². The average molecular weight is 198 g/mol. The molecule has 0 aliphatic rings. The van der Waals surface area contributed by atoms with Gasteiger partial charge in [0.2, 0.25) is 11.6 Å². The van der Waals surface area contributed by atoms with Crippen LogP contribution in [0.1, 0.15) is 5.69 Å². The first kappa shape index (κ1) is 8.59. The topological polar surface area (TPSA) is 122 Å². The van der Waals surface area contributed by atoms with E-state index >= 15 is 0 Å². The van der Waals surface area contributed by atoms with E-state index in [1.807, 2.05) is 0 Å². The van der Waals surface area contributed by atoms with Gasteiger partial charge in [0.05, 0.1) is 18.5 Å². The van der Waals surface area contributed by atoms with E-state index in [4.69, 9.17) is 10.3 Å². The summed E-state index contributed by atoms with van der Waals surface area (Å²) in [6.07, 6.45) is 1.36. The molecule has 2 aromatic rings. The monoisotopic (exact) mass is 198 g/mol. The van der Waals surface area contributed by atoms with Crippen molar-refractivity contribution in [3.8, 4) is 5.82 Å². The lowest BCUT2D eigenvalue weighted by molar-refractivity contribution is 0.271. The number of rotatable bonds is 3. The summed E-state index contributed by atoms with van der Waals surface area (Å²) in [5.41, 5.74) is 2.18. The Morgan fingerprint density at radius 3 is 3.07 bits per heavy atom. The predicted octanol–water partition coefficient (Wildman–Crippen LogP) is -1.06. The number of aliphatic hydroxyl groups is 1. The minimum absolute atomic E-state index is 0.00907. The van der Waals surface area contributed by atoms with Gasteiger partial charge in [-0.2, -0.15) is 4.68 Å². The molecule has 0 unspecified atom stereocenters. The van der Waals surface area contributed by atoms with Crippen molar-refractivity contribution in [1.29, 1.82) is 0 Å². The quantitative estimate of drug-likeness (QED) is 0.533. The second-order valence-electron chi connectivity index (χ2n) is 2.34. The zero-order valence-electron chi connectivity index (χ0n) is 6.82. The third kappa shape index (κ3) is 1.20. The van der Waals surface area contributed by atoms with Crippen LogP contribution in [0.4, 0.5) is 5.82 Å². The molecule has 0 aliphatic carbocycles. The summed E-state index contributed by atoms with van der Waals surface area (Å²) in [6, 6.07) is 0. The van der Waals surface area contributed by atoms with E-state index in [0.29, 0.717) is 5.69 Å². The van der Waals surface area contributed by atoms with E-state index in [9.17, 15) is 0 Å². The summed E-state index contributed by atoms with van der Waals surface area (Å²) in [5, 5.41) is 31.6. The molecule has 2 heterocycles. The Kier molecular flexibility index (Phi) is 2.08. The number of nitrogens with zero attached hydrogens (tertiary/aromatic N) is 5. The van der Waals surface area contributed by atoms with Gasteiger partial charge in [0, 0.05) is 0 Å². The molecular formula is C5H6N6O3. The largest absolute Gasteiger partial charge is 0.390 e. The standard InChI is InChI=1S/C5H6N6O3/c12-2-3-1-6-10-11(3)5-4(7-13)8-14-9-5/h1,12-13H,2H2,(H,7,8). The fourth-order valence-corrected chi connectivity index (χ4v) is 0.936. The summed E-state index contributed by atoms with van der Waals surface area (Å²) in [4.78, 5) is 0. The third-order valence-corrected chi connectivity index (χ3v) is 1.56. The van der Waals surface area contributed by atoms with E-state index in [1.165, 1.54) is 10.9 Å². The van der Waals surface area contributed by atoms with Gasteiger partial charge in [0.15, 0.2) is 0 Å². The van der Waals surface area contributed by atoms with Crippen LogP contribution < -0.4 is 5.48 Å². The Hall–Kier alpha value is -2.00. The van der Waals surface area contributed by atoms with E-state index in [-0.39, 0.29) is 18.2 Å². The number of nitrogens with one attached hydrogen (secondary N) is 1. The first-order chi connectivity index (χ1) is 6.86. The lowest BCUT2D eigenvalue weighted by atomic mass is 10.5. The van der Waals surface area contributed by atoms with Crippen molar-refractivity contribution in [3.63, 3.8) is 0 Å². The fraction of sp³-hybridized carbons (Fsp3) is 0.200. The average Bonchev–Trinajstić information content (AvgIpc) is 2.85. The number of anilines is 1. The molecule has 0 aliphatic heterocycles. The number of aliphatic hydroxyl groups excluding tert-OH is 1. The lowest BCUT2D eigenvalue weighted by Crippen LogP contribution is -2.05. The molecule has 0 aromatic carbocycles. The van der Waals surface area contributed by atoms with Gasteiger partial charge in [-0.3, -0.25) is 5.21 Å². The molecule has 0 atom stereocenters. The Balaban J connectivity index is 2.48. The maximum absolute atomic E-state index is 8.91. The molecule has 9 nitrogen and oxygen atoms in total. The Morgan fingerprint density at radius 1 is 1.50 bits per heavy atom. The minimum atomic E-state index is -0.259. The molecule has 0 amide bonds. The predicted molar refractivity (Wildman–Crippen MR) is 40.5 cm³/mol. The van der Waals surface area contributed by atoms with Gasteiger partial charge in [-0.1, -0.05) is 5.21 Å². The maximum Gasteiger partial charge on any atom is 0.246 e. The molecule has 14 heavy (non-hydrogen) atoms. The summed E-state index contributed by atoms with van der Waals surface area (Å²) in [6.45, 7) is -0.259. The highest BCUT2D eigenvalue weighted by Gasteiger charge is 2.15. The second-order valence-corrected chi connectivity index (χ2v) is 2.34. The Morgan fingerprint density at radius 2 is 2.36 bits per heavy atom. The minimum Gasteiger partial charge on any atom is -0.390 e. The van der Waals surface area contributed by atoms with Gasteiger partial charge in [0.25, 0.3) is 0 Å². The number of hydrogen-bond acceptors (Lipinski definition) is 8. The van der Waals surface area contributed by atoms with Crippen LogP contribution in [-0.4, -0.2) is 35.6 Å². The molecular weight excluding hydrogens is 192 g/mol. The van der Waals surface area contributed by atoms with E-state index in [1.54, 1.807) is 5.48 Å². The summed E-state index contributed by atoms with van der Waals surface area (Å²) >= 11 is 0. The number of hydrogen-bond donors (Lipinski definition) is 3. The van der Waals surface area contributed by atoms with Crippen LogP contribution in [0.2, 0.25) is 0 Å². The van der Waals surface area contributed by atoms with Crippen LogP contribution in [0.5, 0.6) is 0 Å². The van der Waals surface area contributed by atoms with Gasteiger partial charge < -0.3 is 5.11 Å². The zero-order valence-corrected chi connectivity index (χ0v) is 6.82.